The van der Waals surface area contributed by atoms with E-state index in [0.29, 0.717) is 34.6 Å². The van der Waals surface area contributed by atoms with Gasteiger partial charge in [-0.05, 0) is 37.0 Å². The Labute approximate surface area is 190 Å². The fraction of sp³-hybridized carbons (Fsp3) is 0.429. The summed E-state index contributed by atoms with van der Waals surface area (Å²) < 4.78 is 0. The SMILES string of the molecule is CC[C@@H](Nc1cc(Cl)cc(Cl)c1)C(=O)N[C@H]1CN(c2ncnc3[nH]ncc23)CC[C@@H]1C. The molecule has 2 aromatic heterocycles. The second-order valence-electron chi connectivity index (χ2n) is 7.92. The number of aromatic amines is 1. The van der Waals surface area contributed by atoms with Crippen molar-refractivity contribution in [3.8, 4) is 0 Å². The first-order valence-corrected chi connectivity index (χ1v) is 11.1. The van der Waals surface area contributed by atoms with Crippen LogP contribution in [0.25, 0.3) is 11.0 Å². The van der Waals surface area contributed by atoms with Gasteiger partial charge in [-0.1, -0.05) is 37.0 Å². The van der Waals surface area contributed by atoms with Crippen molar-refractivity contribution >= 4 is 51.6 Å². The maximum absolute atomic E-state index is 13.1. The number of halogens is 2. The maximum atomic E-state index is 13.1. The molecule has 1 aromatic carbocycles. The Kier molecular flexibility index (Phi) is 6.48. The van der Waals surface area contributed by atoms with Crippen molar-refractivity contribution in [3.05, 3.63) is 40.8 Å². The summed E-state index contributed by atoms with van der Waals surface area (Å²) in [4.78, 5) is 24.0. The molecule has 4 rings (SSSR count). The number of fused-ring (bicyclic) bond motifs is 1. The molecule has 164 valence electrons. The van der Waals surface area contributed by atoms with Gasteiger partial charge in [0.05, 0.1) is 11.6 Å². The lowest BCUT2D eigenvalue weighted by Crippen LogP contribution is -2.55. The van der Waals surface area contributed by atoms with Crippen LogP contribution in [0.1, 0.15) is 26.7 Å². The molecule has 3 aromatic rings. The zero-order valence-electron chi connectivity index (χ0n) is 17.4. The number of nitrogens with zero attached hydrogens (tertiary/aromatic N) is 4. The lowest BCUT2D eigenvalue weighted by atomic mass is 9.93. The number of amides is 1. The van der Waals surface area contributed by atoms with Crippen LogP contribution in [0.4, 0.5) is 11.5 Å². The monoisotopic (exact) mass is 461 g/mol. The van der Waals surface area contributed by atoms with E-state index >= 15 is 0 Å². The Morgan fingerprint density at radius 2 is 2.06 bits per heavy atom. The number of aromatic nitrogens is 4. The third kappa shape index (κ3) is 4.85. The van der Waals surface area contributed by atoms with E-state index in [9.17, 15) is 4.79 Å². The smallest absolute Gasteiger partial charge is 0.242 e. The van der Waals surface area contributed by atoms with Crippen molar-refractivity contribution < 1.29 is 4.79 Å². The van der Waals surface area contributed by atoms with Gasteiger partial charge in [-0.3, -0.25) is 9.89 Å². The summed E-state index contributed by atoms with van der Waals surface area (Å²) in [5.41, 5.74) is 1.43. The van der Waals surface area contributed by atoms with Gasteiger partial charge in [0.1, 0.15) is 18.2 Å². The molecule has 1 fully saturated rings. The zero-order chi connectivity index (χ0) is 22.0. The third-order valence-corrected chi connectivity index (χ3v) is 6.18. The predicted octanol–water partition coefficient (Wildman–Crippen LogP) is 3.88. The average Bonchev–Trinajstić information content (AvgIpc) is 3.22. The molecule has 0 aliphatic carbocycles. The van der Waals surface area contributed by atoms with E-state index in [4.69, 9.17) is 23.2 Å². The summed E-state index contributed by atoms with van der Waals surface area (Å²) in [6.45, 7) is 5.67. The zero-order valence-corrected chi connectivity index (χ0v) is 18.9. The van der Waals surface area contributed by atoms with E-state index in [0.717, 1.165) is 29.9 Å². The minimum absolute atomic E-state index is 0.00281. The van der Waals surface area contributed by atoms with Crippen molar-refractivity contribution in [2.75, 3.05) is 23.3 Å². The number of hydrogen-bond acceptors (Lipinski definition) is 6. The summed E-state index contributed by atoms with van der Waals surface area (Å²) in [5, 5.41) is 15.4. The number of benzene rings is 1. The fourth-order valence-corrected chi connectivity index (χ4v) is 4.45. The van der Waals surface area contributed by atoms with Gasteiger partial charge in [0.15, 0.2) is 5.65 Å². The van der Waals surface area contributed by atoms with E-state index in [-0.39, 0.29) is 11.9 Å². The van der Waals surface area contributed by atoms with E-state index in [1.54, 1.807) is 24.4 Å². The topological polar surface area (TPSA) is 98.8 Å². The maximum Gasteiger partial charge on any atom is 0.242 e. The Morgan fingerprint density at radius 1 is 1.29 bits per heavy atom. The molecule has 3 heterocycles. The number of carbonyl (C=O) groups is 1. The highest BCUT2D eigenvalue weighted by atomic mass is 35.5. The minimum Gasteiger partial charge on any atom is -0.374 e. The summed E-state index contributed by atoms with van der Waals surface area (Å²) in [5.74, 6) is 1.14. The van der Waals surface area contributed by atoms with Crippen molar-refractivity contribution in [1.29, 1.82) is 0 Å². The highest BCUT2D eigenvalue weighted by molar-refractivity contribution is 6.35. The minimum atomic E-state index is -0.392. The molecule has 1 saturated heterocycles. The molecular weight excluding hydrogens is 437 g/mol. The van der Waals surface area contributed by atoms with Crippen LogP contribution in [0.15, 0.2) is 30.7 Å². The van der Waals surface area contributed by atoms with Gasteiger partial charge >= 0.3 is 0 Å². The molecule has 1 aliphatic rings. The molecule has 3 N–H and O–H groups in total. The first-order valence-electron chi connectivity index (χ1n) is 10.4. The van der Waals surface area contributed by atoms with Gasteiger partial charge in [-0.25, -0.2) is 9.97 Å². The van der Waals surface area contributed by atoms with Crippen LogP contribution >= 0.6 is 23.2 Å². The normalized spacial score (nSPS) is 19.9. The average molecular weight is 462 g/mol. The van der Waals surface area contributed by atoms with E-state index in [1.165, 1.54) is 6.33 Å². The Bertz CT molecular complexity index is 1050. The van der Waals surface area contributed by atoms with Crippen molar-refractivity contribution in [2.24, 2.45) is 5.92 Å². The first-order chi connectivity index (χ1) is 14.9. The second kappa shape index (κ2) is 9.28. The molecule has 1 aliphatic heterocycles. The highest BCUT2D eigenvalue weighted by Gasteiger charge is 2.30. The molecular formula is C21H25Cl2N7O. The number of anilines is 2. The second-order valence-corrected chi connectivity index (χ2v) is 8.79. The van der Waals surface area contributed by atoms with Gasteiger partial charge < -0.3 is 15.5 Å². The van der Waals surface area contributed by atoms with Crippen LogP contribution in [0.2, 0.25) is 10.0 Å². The van der Waals surface area contributed by atoms with E-state index in [2.05, 4.69) is 42.6 Å². The molecule has 31 heavy (non-hydrogen) atoms. The quantitative estimate of drug-likeness (QED) is 0.514. The van der Waals surface area contributed by atoms with E-state index in [1.807, 2.05) is 6.92 Å². The Balaban J connectivity index is 1.46. The first kappa shape index (κ1) is 21.6. The van der Waals surface area contributed by atoms with Gasteiger partial charge in [0.2, 0.25) is 5.91 Å². The Morgan fingerprint density at radius 3 is 2.81 bits per heavy atom. The number of piperidine rings is 1. The summed E-state index contributed by atoms with van der Waals surface area (Å²) in [7, 11) is 0. The van der Waals surface area contributed by atoms with Crippen LogP contribution in [0.3, 0.4) is 0 Å². The van der Waals surface area contributed by atoms with Crippen molar-refractivity contribution in [1.82, 2.24) is 25.5 Å². The van der Waals surface area contributed by atoms with Crippen LogP contribution in [0.5, 0.6) is 0 Å². The number of rotatable bonds is 6. The lowest BCUT2D eigenvalue weighted by molar-refractivity contribution is -0.123. The third-order valence-electron chi connectivity index (χ3n) is 5.74. The molecule has 8 nitrogen and oxygen atoms in total. The molecule has 0 bridgehead atoms. The van der Waals surface area contributed by atoms with E-state index < -0.39 is 6.04 Å². The van der Waals surface area contributed by atoms with Crippen LogP contribution in [-0.4, -0.2) is 51.2 Å². The largest absolute Gasteiger partial charge is 0.374 e. The molecule has 0 unspecified atom stereocenters. The predicted molar refractivity (Wildman–Crippen MR) is 124 cm³/mol. The van der Waals surface area contributed by atoms with Crippen molar-refractivity contribution in [3.63, 3.8) is 0 Å². The van der Waals surface area contributed by atoms with Crippen LogP contribution in [0, 0.1) is 5.92 Å². The number of H-pyrrole nitrogens is 1. The molecule has 0 radical (unpaired) electrons. The van der Waals surface area contributed by atoms with Gasteiger partial charge in [-0.2, -0.15) is 5.10 Å². The van der Waals surface area contributed by atoms with Gasteiger partial charge in [0, 0.05) is 34.9 Å². The Hall–Kier alpha value is -2.58. The number of hydrogen-bond donors (Lipinski definition) is 3. The fourth-order valence-electron chi connectivity index (χ4n) is 3.93. The van der Waals surface area contributed by atoms with Gasteiger partial charge in [0.25, 0.3) is 0 Å². The van der Waals surface area contributed by atoms with Crippen LogP contribution in [-0.2, 0) is 4.79 Å². The molecule has 10 heteroatoms. The molecule has 0 saturated carbocycles. The summed E-state index contributed by atoms with van der Waals surface area (Å²) in [6, 6.07) is 4.80. The summed E-state index contributed by atoms with van der Waals surface area (Å²) >= 11 is 12.2. The number of nitrogens with one attached hydrogen (secondary N) is 3. The molecule has 0 spiro atoms. The summed E-state index contributed by atoms with van der Waals surface area (Å²) in [6.07, 6.45) is 4.85. The molecule has 1 amide bonds. The number of carbonyl (C=O) groups excluding carboxylic acids is 1. The van der Waals surface area contributed by atoms with Crippen LogP contribution < -0.4 is 15.5 Å². The van der Waals surface area contributed by atoms with Crippen molar-refractivity contribution in [2.45, 2.75) is 38.8 Å². The van der Waals surface area contributed by atoms with Gasteiger partial charge in [-0.15, -0.1) is 0 Å². The standard InChI is InChI=1S/C21H25Cl2N7O/c1-3-17(27-15-7-13(22)6-14(23)8-15)21(31)28-18-10-30(5-4-12(18)2)20-16-9-26-29-19(16)24-11-25-20/h6-9,11-12,17-18,27H,3-5,10H2,1-2H3,(H,28,31)(H,24,25,26,29)/t12-,17+,18-/m0/s1. The molecule has 3 atom stereocenters. The lowest BCUT2D eigenvalue weighted by Gasteiger charge is -2.38. The highest BCUT2D eigenvalue weighted by Crippen LogP contribution is 2.27.